The highest BCUT2D eigenvalue weighted by Gasteiger charge is 2.22. The summed E-state index contributed by atoms with van der Waals surface area (Å²) in [6.45, 7) is 9.05. The predicted molar refractivity (Wildman–Crippen MR) is 104 cm³/mol. The Labute approximate surface area is 159 Å². The van der Waals surface area contributed by atoms with E-state index < -0.39 is 0 Å². The molecule has 1 atom stereocenters. The highest BCUT2D eigenvalue weighted by atomic mass is 16.2. The average Bonchev–Trinajstić information content (AvgIpc) is 3.14. The summed E-state index contributed by atoms with van der Waals surface area (Å²) in [7, 11) is 1.80. The van der Waals surface area contributed by atoms with Gasteiger partial charge in [0.25, 0.3) is 5.91 Å². The first-order valence-corrected chi connectivity index (χ1v) is 9.26. The van der Waals surface area contributed by atoms with Crippen LogP contribution in [0.5, 0.6) is 0 Å². The number of pyridine rings is 1. The number of aromatic nitrogens is 4. The van der Waals surface area contributed by atoms with Crippen molar-refractivity contribution in [2.24, 2.45) is 0 Å². The molecule has 0 radical (unpaired) electrons. The summed E-state index contributed by atoms with van der Waals surface area (Å²) in [4.78, 5) is 25.6. The minimum atomic E-state index is -0.0988. The van der Waals surface area contributed by atoms with Gasteiger partial charge in [-0.05, 0) is 37.7 Å². The Kier molecular flexibility index (Phi) is 5.81. The second-order valence-electron chi connectivity index (χ2n) is 6.62. The molecule has 0 unspecified atom stereocenters. The Morgan fingerprint density at radius 2 is 1.89 bits per heavy atom. The Morgan fingerprint density at radius 3 is 2.56 bits per heavy atom. The van der Waals surface area contributed by atoms with Crippen molar-refractivity contribution in [2.45, 2.75) is 33.4 Å². The van der Waals surface area contributed by atoms with Gasteiger partial charge in [0.1, 0.15) is 5.56 Å². The SMILES string of the molecule is CCN(CC)Cc1cnc2c(C(=O)N(C)[C@@H](C)c3ccncc3)cnn2c1. The maximum Gasteiger partial charge on any atom is 0.259 e. The zero-order valence-electron chi connectivity index (χ0n) is 16.3. The molecule has 0 spiro atoms. The van der Waals surface area contributed by atoms with Gasteiger partial charge in [0.15, 0.2) is 5.65 Å². The van der Waals surface area contributed by atoms with Crippen LogP contribution in [-0.4, -0.2) is 55.4 Å². The van der Waals surface area contributed by atoms with Crippen LogP contribution in [0.4, 0.5) is 0 Å². The predicted octanol–water partition coefficient (Wildman–Crippen LogP) is 2.80. The van der Waals surface area contributed by atoms with Crippen molar-refractivity contribution in [1.29, 1.82) is 0 Å². The topological polar surface area (TPSA) is 66.6 Å². The number of hydrogen-bond donors (Lipinski definition) is 0. The number of hydrogen-bond acceptors (Lipinski definition) is 5. The van der Waals surface area contributed by atoms with Gasteiger partial charge in [-0.15, -0.1) is 0 Å². The van der Waals surface area contributed by atoms with E-state index in [1.807, 2.05) is 31.5 Å². The molecule has 0 saturated heterocycles. The third-order valence-electron chi connectivity index (χ3n) is 5.03. The molecule has 0 aromatic carbocycles. The lowest BCUT2D eigenvalue weighted by Crippen LogP contribution is -2.29. The van der Waals surface area contributed by atoms with Gasteiger partial charge in [-0.1, -0.05) is 13.8 Å². The zero-order valence-corrected chi connectivity index (χ0v) is 16.3. The standard InChI is InChI=1S/C20H26N6O/c1-5-25(6-2)13-16-11-22-19-18(12-23-26(19)14-16)20(27)24(4)15(3)17-7-9-21-10-8-17/h7-12,14-15H,5-6,13H2,1-4H3/t15-/m0/s1. The minimum absolute atomic E-state index is 0.0719. The van der Waals surface area contributed by atoms with Crippen molar-refractivity contribution in [3.8, 4) is 0 Å². The molecule has 0 fully saturated rings. The molecule has 0 aliphatic heterocycles. The molecule has 142 valence electrons. The Morgan fingerprint density at radius 1 is 1.19 bits per heavy atom. The van der Waals surface area contributed by atoms with Crippen molar-refractivity contribution in [2.75, 3.05) is 20.1 Å². The van der Waals surface area contributed by atoms with E-state index in [4.69, 9.17) is 0 Å². The molecule has 0 aliphatic carbocycles. The van der Waals surface area contributed by atoms with Gasteiger partial charge in [0, 0.05) is 43.9 Å². The van der Waals surface area contributed by atoms with Gasteiger partial charge in [-0.2, -0.15) is 5.10 Å². The van der Waals surface area contributed by atoms with Gasteiger partial charge < -0.3 is 4.90 Å². The van der Waals surface area contributed by atoms with E-state index >= 15 is 0 Å². The van der Waals surface area contributed by atoms with Crippen molar-refractivity contribution < 1.29 is 4.79 Å². The van der Waals surface area contributed by atoms with E-state index in [1.54, 1.807) is 35.1 Å². The number of carbonyl (C=O) groups is 1. The van der Waals surface area contributed by atoms with Gasteiger partial charge in [0.2, 0.25) is 0 Å². The van der Waals surface area contributed by atoms with Gasteiger partial charge >= 0.3 is 0 Å². The lowest BCUT2D eigenvalue weighted by molar-refractivity contribution is 0.0744. The summed E-state index contributed by atoms with van der Waals surface area (Å²) in [5, 5.41) is 4.35. The van der Waals surface area contributed by atoms with Crippen molar-refractivity contribution in [3.63, 3.8) is 0 Å². The molecule has 0 aliphatic rings. The summed E-state index contributed by atoms with van der Waals surface area (Å²) in [5.41, 5.74) is 3.20. The monoisotopic (exact) mass is 366 g/mol. The van der Waals surface area contributed by atoms with Gasteiger partial charge in [-0.3, -0.25) is 14.7 Å². The first-order chi connectivity index (χ1) is 13.0. The van der Waals surface area contributed by atoms with E-state index in [0.717, 1.165) is 30.8 Å². The lowest BCUT2D eigenvalue weighted by atomic mass is 10.1. The Hall–Kier alpha value is -2.80. The van der Waals surface area contributed by atoms with E-state index in [9.17, 15) is 4.79 Å². The number of nitrogens with zero attached hydrogens (tertiary/aromatic N) is 6. The Balaban J connectivity index is 1.83. The van der Waals surface area contributed by atoms with Gasteiger partial charge in [-0.25, -0.2) is 9.50 Å². The largest absolute Gasteiger partial charge is 0.335 e. The fourth-order valence-corrected chi connectivity index (χ4v) is 3.08. The number of amides is 1. The molecule has 27 heavy (non-hydrogen) atoms. The fraction of sp³-hybridized carbons (Fsp3) is 0.400. The van der Waals surface area contributed by atoms with Crippen LogP contribution in [0.3, 0.4) is 0 Å². The molecule has 0 saturated carbocycles. The summed E-state index contributed by atoms with van der Waals surface area (Å²) in [5.74, 6) is -0.0988. The molecule has 0 N–H and O–H groups in total. The summed E-state index contributed by atoms with van der Waals surface area (Å²) in [6, 6.07) is 3.77. The Bertz CT molecular complexity index is 903. The van der Waals surface area contributed by atoms with Crippen LogP contribution in [0.25, 0.3) is 5.65 Å². The quantitative estimate of drug-likeness (QED) is 0.643. The third kappa shape index (κ3) is 3.98. The highest BCUT2D eigenvalue weighted by molar-refractivity contribution is 5.99. The van der Waals surface area contributed by atoms with Gasteiger partial charge in [0.05, 0.1) is 12.2 Å². The van der Waals surface area contributed by atoms with Crippen molar-refractivity contribution in [1.82, 2.24) is 29.4 Å². The maximum absolute atomic E-state index is 13.0. The van der Waals surface area contributed by atoms with Crippen LogP contribution in [0, 0.1) is 0 Å². The number of carbonyl (C=O) groups excluding carboxylic acids is 1. The first kappa shape index (κ1) is 19.0. The summed E-state index contributed by atoms with van der Waals surface area (Å²) < 4.78 is 1.69. The molecule has 7 nitrogen and oxygen atoms in total. The lowest BCUT2D eigenvalue weighted by Gasteiger charge is -2.24. The van der Waals surface area contributed by atoms with E-state index in [0.29, 0.717) is 11.2 Å². The summed E-state index contributed by atoms with van der Waals surface area (Å²) >= 11 is 0. The van der Waals surface area contributed by atoms with Crippen LogP contribution in [-0.2, 0) is 6.54 Å². The smallest absolute Gasteiger partial charge is 0.259 e. The van der Waals surface area contributed by atoms with Crippen LogP contribution in [0.15, 0.2) is 43.1 Å². The van der Waals surface area contributed by atoms with E-state index in [2.05, 4.69) is 33.8 Å². The summed E-state index contributed by atoms with van der Waals surface area (Å²) in [6.07, 6.45) is 8.85. The van der Waals surface area contributed by atoms with Crippen LogP contribution in [0.2, 0.25) is 0 Å². The minimum Gasteiger partial charge on any atom is -0.335 e. The first-order valence-electron chi connectivity index (χ1n) is 9.26. The molecule has 3 heterocycles. The molecule has 3 aromatic heterocycles. The number of rotatable bonds is 7. The van der Waals surface area contributed by atoms with Crippen molar-refractivity contribution in [3.05, 3.63) is 59.8 Å². The van der Waals surface area contributed by atoms with Crippen LogP contribution >= 0.6 is 0 Å². The van der Waals surface area contributed by atoms with Crippen LogP contribution < -0.4 is 0 Å². The molecule has 7 heteroatoms. The second-order valence-corrected chi connectivity index (χ2v) is 6.62. The van der Waals surface area contributed by atoms with E-state index in [1.165, 1.54) is 0 Å². The number of fused-ring (bicyclic) bond motifs is 1. The molecule has 1 amide bonds. The highest BCUT2D eigenvalue weighted by Crippen LogP contribution is 2.21. The molecule has 3 aromatic rings. The fourth-order valence-electron chi connectivity index (χ4n) is 3.08. The normalized spacial score (nSPS) is 12.5. The molecule has 0 bridgehead atoms. The molecule has 3 rings (SSSR count). The molecular formula is C20H26N6O. The van der Waals surface area contributed by atoms with E-state index in [-0.39, 0.29) is 11.9 Å². The third-order valence-corrected chi connectivity index (χ3v) is 5.03. The second kappa shape index (κ2) is 8.26. The average molecular weight is 366 g/mol. The zero-order chi connectivity index (χ0) is 19.4. The van der Waals surface area contributed by atoms with Crippen molar-refractivity contribution >= 4 is 11.6 Å². The van der Waals surface area contributed by atoms with Crippen LogP contribution in [0.1, 0.15) is 48.3 Å². The molecular weight excluding hydrogens is 340 g/mol. The maximum atomic E-state index is 13.0.